The zero-order valence-corrected chi connectivity index (χ0v) is 22.2. The second kappa shape index (κ2) is 12.8. The molecule has 0 saturated carbocycles. The molecule has 0 aromatic carbocycles. The summed E-state index contributed by atoms with van der Waals surface area (Å²) >= 11 is 1.33. The number of carbonyl (C=O) groups excluding carboxylic acids is 1. The Kier molecular flexibility index (Phi) is 11.6. The third-order valence-electron chi connectivity index (χ3n) is 4.92. The van der Waals surface area contributed by atoms with Crippen LogP contribution in [0, 0.1) is 0 Å². The Morgan fingerprint density at radius 2 is 1.73 bits per heavy atom. The van der Waals surface area contributed by atoms with Crippen LogP contribution in [0.5, 0.6) is 0 Å². The summed E-state index contributed by atoms with van der Waals surface area (Å²) in [6, 6.07) is 3.58. The molecule has 1 saturated heterocycles. The second-order valence-electron chi connectivity index (χ2n) is 6.79. The maximum Gasteiger partial charge on any atom is 0.252 e. The van der Waals surface area contributed by atoms with Crippen molar-refractivity contribution < 1.29 is 13.2 Å². The van der Waals surface area contributed by atoms with Crippen molar-refractivity contribution in [1.82, 2.24) is 19.4 Å². The number of nitrogens with zero attached hydrogens (tertiary/aromatic N) is 4. The SMILES string of the molecule is CCNC(=NCCc1ccc(S(=O)(=O)N(CC)CC)s1)N1CCN(C(C)=O)CC1.I. The van der Waals surface area contributed by atoms with Gasteiger partial charge in [-0.05, 0) is 19.1 Å². The molecule has 1 aromatic rings. The minimum Gasteiger partial charge on any atom is -0.357 e. The average Bonchev–Trinajstić information content (AvgIpc) is 3.18. The summed E-state index contributed by atoms with van der Waals surface area (Å²) in [5.41, 5.74) is 0. The van der Waals surface area contributed by atoms with Gasteiger partial charge in [-0.3, -0.25) is 9.79 Å². The van der Waals surface area contributed by atoms with Gasteiger partial charge < -0.3 is 15.1 Å². The van der Waals surface area contributed by atoms with Gasteiger partial charge in [-0.1, -0.05) is 13.8 Å². The van der Waals surface area contributed by atoms with Crippen LogP contribution in [0.4, 0.5) is 0 Å². The fourth-order valence-electron chi connectivity index (χ4n) is 3.25. The second-order valence-corrected chi connectivity index (χ2v) is 10.1. The standard InChI is InChI=1S/C19H33N5O3S2.HI/c1-5-20-19(23-14-12-22(13-15-23)16(4)25)21-11-10-17-8-9-18(28-17)29(26,27)24(6-2)7-3;/h8-9H,5-7,10-15H2,1-4H3,(H,20,21);1H. The van der Waals surface area contributed by atoms with E-state index in [-0.39, 0.29) is 29.9 Å². The number of hydrogen-bond donors (Lipinski definition) is 1. The van der Waals surface area contributed by atoms with E-state index in [1.165, 1.54) is 15.6 Å². The lowest BCUT2D eigenvalue weighted by Gasteiger charge is -2.36. The molecule has 1 aliphatic rings. The highest BCUT2D eigenvalue weighted by Crippen LogP contribution is 2.25. The van der Waals surface area contributed by atoms with Gasteiger partial charge in [-0.15, -0.1) is 35.3 Å². The molecule has 1 aliphatic heterocycles. The molecule has 2 heterocycles. The first-order valence-electron chi connectivity index (χ1n) is 10.2. The van der Waals surface area contributed by atoms with Crippen molar-refractivity contribution in [3.05, 3.63) is 17.0 Å². The maximum atomic E-state index is 12.6. The van der Waals surface area contributed by atoms with Gasteiger partial charge in [0.2, 0.25) is 5.91 Å². The summed E-state index contributed by atoms with van der Waals surface area (Å²) in [7, 11) is -3.40. The number of thiophene rings is 1. The van der Waals surface area contributed by atoms with Crippen molar-refractivity contribution in [2.45, 2.75) is 38.3 Å². The molecule has 8 nitrogen and oxygen atoms in total. The van der Waals surface area contributed by atoms with E-state index in [4.69, 9.17) is 4.99 Å². The molecule has 1 N–H and O–H groups in total. The molecule has 1 aromatic heterocycles. The van der Waals surface area contributed by atoms with Gasteiger partial charge in [0.25, 0.3) is 10.0 Å². The van der Waals surface area contributed by atoms with Crippen molar-refractivity contribution in [2.24, 2.45) is 4.99 Å². The first-order valence-corrected chi connectivity index (χ1v) is 12.5. The fourth-order valence-corrected chi connectivity index (χ4v) is 6.21. The maximum absolute atomic E-state index is 12.6. The van der Waals surface area contributed by atoms with Crippen molar-refractivity contribution in [1.29, 1.82) is 0 Å². The number of carbonyl (C=O) groups is 1. The molecule has 2 rings (SSSR count). The van der Waals surface area contributed by atoms with Crippen LogP contribution < -0.4 is 5.32 Å². The molecule has 0 bridgehead atoms. The van der Waals surface area contributed by atoms with Crippen LogP contribution >= 0.6 is 35.3 Å². The number of nitrogens with one attached hydrogen (secondary N) is 1. The van der Waals surface area contributed by atoms with Crippen molar-refractivity contribution in [3.8, 4) is 0 Å². The predicted octanol–water partition coefficient (Wildman–Crippen LogP) is 2.07. The highest BCUT2D eigenvalue weighted by Gasteiger charge is 2.23. The minimum absolute atomic E-state index is 0. The number of rotatable bonds is 8. The summed E-state index contributed by atoms with van der Waals surface area (Å²) < 4.78 is 27.1. The number of aliphatic imine (C=N–C) groups is 1. The van der Waals surface area contributed by atoms with Gasteiger partial charge in [0, 0.05) is 70.6 Å². The Labute approximate surface area is 201 Å². The van der Waals surface area contributed by atoms with Gasteiger partial charge in [0.1, 0.15) is 4.21 Å². The minimum atomic E-state index is -3.40. The van der Waals surface area contributed by atoms with Gasteiger partial charge in [0.15, 0.2) is 5.96 Å². The lowest BCUT2D eigenvalue weighted by molar-refractivity contribution is -0.130. The number of sulfonamides is 1. The Hall–Kier alpha value is -0.920. The molecule has 1 amide bonds. The highest BCUT2D eigenvalue weighted by atomic mass is 127. The Morgan fingerprint density at radius 3 is 2.27 bits per heavy atom. The lowest BCUT2D eigenvalue weighted by atomic mass is 10.3. The predicted molar refractivity (Wildman–Crippen MR) is 133 cm³/mol. The van der Waals surface area contributed by atoms with Gasteiger partial charge in [0.05, 0.1) is 0 Å². The van der Waals surface area contributed by atoms with E-state index < -0.39 is 10.0 Å². The zero-order valence-electron chi connectivity index (χ0n) is 18.3. The molecule has 1 fully saturated rings. The molecule has 30 heavy (non-hydrogen) atoms. The van der Waals surface area contributed by atoms with Crippen LogP contribution in [0.1, 0.15) is 32.6 Å². The van der Waals surface area contributed by atoms with Crippen LogP contribution in [-0.4, -0.2) is 86.7 Å². The Bertz CT molecular complexity index is 801. The third-order valence-corrected chi connectivity index (χ3v) is 8.58. The van der Waals surface area contributed by atoms with E-state index in [9.17, 15) is 13.2 Å². The zero-order chi connectivity index (χ0) is 21.4. The van der Waals surface area contributed by atoms with Crippen LogP contribution in [0.2, 0.25) is 0 Å². The molecule has 11 heteroatoms. The third kappa shape index (κ3) is 7.06. The first-order chi connectivity index (χ1) is 13.8. The molecule has 0 atom stereocenters. The summed E-state index contributed by atoms with van der Waals surface area (Å²) in [6.45, 7) is 12.6. The molecule has 0 spiro atoms. The van der Waals surface area contributed by atoms with Crippen molar-refractivity contribution in [2.75, 3.05) is 52.4 Å². The number of piperazine rings is 1. The number of amides is 1. The largest absolute Gasteiger partial charge is 0.357 e. The normalized spacial score (nSPS) is 15.3. The van der Waals surface area contributed by atoms with Gasteiger partial charge in [-0.2, -0.15) is 4.31 Å². The van der Waals surface area contributed by atoms with Gasteiger partial charge in [-0.25, -0.2) is 8.42 Å². The lowest BCUT2D eigenvalue weighted by Crippen LogP contribution is -2.53. The fraction of sp³-hybridized carbons (Fsp3) is 0.684. The monoisotopic (exact) mass is 571 g/mol. The van der Waals surface area contributed by atoms with Crippen LogP contribution in [-0.2, 0) is 21.2 Å². The highest BCUT2D eigenvalue weighted by molar-refractivity contribution is 14.0. The van der Waals surface area contributed by atoms with Crippen LogP contribution in [0.3, 0.4) is 0 Å². The molecule has 0 aliphatic carbocycles. The van der Waals surface area contributed by atoms with E-state index >= 15 is 0 Å². The van der Waals surface area contributed by atoms with E-state index in [0.29, 0.717) is 43.4 Å². The molecule has 0 unspecified atom stereocenters. The van der Waals surface area contributed by atoms with E-state index in [1.807, 2.05) is 31.7 Å². The summed E-state index contributed by atoms with van der Waals surface area (Å²) in [4.78, 5) is 21.3. The van der Waals surface area contributed by atoms with E-state index in [1.54, 1.807) is 13.0 Å². The molecular formula is C19H34IN5O3S2. The van der Waals surface area contributed by atoms with Crippen LogP contribution in [0.25, 0.3) is 0 Å². The van der Waals surface area contributed by atoms with Gasteiger partial charge >= 0.3 is 0 Å². The number of hydrogen-bond acceptors (Lipinski definition) is 5. The summed E-state index contributed by atoms with van der Waals surface area (Å²) in [5, 5.41) is 3.32. The number of halogens is 1. The summed E-state index contributed by atoms with van der Waals surface area (Å²) in [6.07, 6.45) is 0.695. The topological polar surface area (TPSA) is 85.3 Å². The first kappa shape index (κ1) is 27.1. The quantitative estimate of drug-likeness (QED) is 0.294. The Morgan fingerprint density at radius 1 is 1.13 bits per heavy atom. The molecule has 172 valence electrons. The van der Waals surface area contributed by atoms with E-state index in [0.717, 1.165) is 30.5 Å². The van der Waals surface area contributed by atoms with Crippen LogP contribution in [0.15, 0.2) is 21.3 Å². The molecular weight excluding hydrogens is 537 g/mol. The van der Waals surface area contributed by atoms with Crippen molar-refractivity contribution >= 4 is 57.2 Å². The smallest absolute Gasteiger partial charge is 0.252 e. The Balaban J connectivity index is 0.00000450. The number of guanidine groups is 1. The summed E-state index contributed by atoms with van der Waals surface area (Å²) in [5.74, 6) is 0.961. The van der Waals surface area contributed by atoms with Crippen molar-refractivity contribution in [3.63, 3.8) is 0 Å². The van der Waals surface area contributed by atoms with E-state index in [2.05, 4.69) is 10.2 Å². The average molecular weight is 572 g/mol. The molecule has 0 radical (unpaired) electrons.